The first-order valence-corrected chi connectivity index (χ1v) is 8.33. The number of primary amides is 1. The largest absolute Gasteiger partial charge is 0.376 e. The molecule has 1 amide bonds. The summed E-state index contributed by atoms with van der Waals surface area (Å²) in [7, 11) is 0. The highest BCUT2D eigenvalue weighted by atomic mass is 16.5. The Bertz CT molecular complexity index is 597. The molecule has 1 spiro atoms. The Labute approximate surface area is 137 Å². The Morgan fingerprint density at radius 2 is 2.22 bits per heavy atom. The maximum Gasteiger partial charge on any atom is 0.252 e. The van der Waals surface area contributed by atoms with Gasteiger partial charge in [0.25, 0.3) is 5.91 Å². The SMILES string of the molecule is Cc1cc(C(N)=O)c(NCC2CC3(CCNCC3)CO2)nc1C. The fourth-order valence-corrected chi connectivity index (χ4v) is 3.57. The van der Waals surface area contributed by atoms with Gasteiger partial charge < -0.3 is 21.1 Å². The third-order valence-corrected chi connectivity index (χ3v) is 5.18. The minimum Gasteiger partial charge on any atom is -0.376 e. The van der Waals surface area contributed by atoms with Crippen LogP contribution < -0.4 is 16.4 Å². The van der Waals surface area contributed by atoms with Crippen LogP contribution >= 0.6 is 0 Å². The summed E-state index contributed by atoms with van der Waals surface area (Å²) in [5, 5.41) is 6.68. The zero-order chi connectivity index (χ0) is 16.4. The van der Waals surface area contributed by atoms with Crippen molar-refractivity contribution in [3.63, 3.8) is 0 Å². The quantitative estimate of drug-likeness (QED) is 0.780. The molecule has 6 nitrogen and oxygen atoms in total. The van der Waals surface area contributed by atoms with Gasteiger partial charge in [0.1, 0.15) is 5.82 Å². The molecule has 1 aromatic heterocycles. The smallest absolute Gasteiger partial charge is 0.252 e. The average Bonchev–Trinajstić information content (AvgIpc) is 2.91. The van der Waals surface area contributed by atoms with Crippen LogP contribution in [-0.2, 0) is 4.74 Å². The number of nitrogens with one attached hydrogen (secondary N) is 2. The highest BCUT2D eigenvalue weighted by Gasteiger charge is 2.40. The standard InChI is InChI=1S/C17H26N4O2/c1-11-7-14(15(18)22)16(21-12(11)2)20-9-13-8-17(10-23-13)3-5-19-6-4-17/h7,13,19H,3-6,8-10H2,1-2H3,(H2,18,22)(H,20,21). The van der Waals surface area contributed by atoms with Crippen molar-refractivity contribution in [1.29, 1.82) is 0 Å². The summed E-state index contributed by atoms with van der Waals surface area (Å²) in [6.07, 6.45) is 3.59. The predicted octanol–water partition coefficient (Wildman–Crippen LogP) is 1.37. The molecule has 1 atom stereocenters. The summed E-state index contributed by atoms with van der Waals surface area (Å²) < 4.78 is 5.99. The number of rotatable bonds is 4. The predicted molar refractivity (Wildman–Crippen MR) is 89.6 cm³/mol. The van der Waals surface area contributed by atoms with Crippen LogP contribution in [0.4, 0.5) is 5.82 Å². The molecule has 6 heteroatoms. The van der Waals surface area contributed by atoms with Gasteiger partial charge in [0.15, 0.2) is 0 Å². The number of nitrogens with zero attached hydrogens (tertiary/aromatic N) is 1. The van der Waals surface area contributed by atoms with E-state index in [9.17, 15) is 4.79 Å². The lowest BCUT2D eigenvalue weighted by Gasteiger charge is -2.32. The molecule has 0 saturated carbocycles. The van der Waals surface area contributed by atoms with E-state index in [2.05, 4.69) is 15.6 Å². The average molecular weight is 318 g/mol. The molecular formula is C17H26N4O2. The van der Waals surface area contributed by atoms with E-state index in [-0.39, 0.29) is 6.10 Å². The molecule has 2 aliphatic rings. The molecule has 2 fully saturated rings. The summed E-state index contributed by atoms with van der Waals surface area (Å²) in [6, 6.07) is 1.80. The van der Waals surface area contributed by atoms with Crippen LogP contribution in [0.15, 0.2) is 6.07 Å². The van der Waals surface area contributed by atoms with Crippen molar-refractivity contribution >= 4 is 11.7 Å². The molecule has 0 bridgehead atoms. The van der Waals surface area contributed by atoms with Gasteiger partial charge >= 0.3 is 0 Å². The lowest BCUT2D eigenvalue weighted by Crippen LogP contribution is -2.37. The van der Waals surface area contributed by atoms with E-state index in [1.54, 1.807) is 6.07 Å². The van der Waals surface area contributed by atoms with Crippen LogP contribution in [0, 0.1) is 19.3 Å². The first-order chi connectivity index (χ1) is 11.0. The Morgan fingerprint density at radius 3 is 2.91 bits per heavy atom. The van der Waals surface area contributed by atoms with Gasteiger partial charge in [-0.15, -0.1) is 0 Å². The molecule has 2 saturated heterocycles. The van der Waals surface area contributed by atoms with E-state index in [1.807, 2.05) is 13.8 Å². The molecule has 3 rings (SSSR count). The molecule has 0 aromatic carbocycles. The van der Waals surface area contributed by atoms with Crippen molar-refractivity contribution in [1.82, 2.24) is 10.3 Å². The summed E-state index contributed by atoms with van der Waals surface area (Å²) in [4.78, 5) is 16.1. The Balaban J connectivity index is 1.65. The van der Waals surface area contributed by atoms with E-state index in [4.69, 9.17) is 10.5 Å². The second-order valence-corrected chi connectivity index (χ2v) is 6.92. The van der Waals surface area contributed by atoms with E-state index in [0.717, 1.165) is 37.4 Å². The van der Waals surface area contributed by atoms with Gasteiger partial charge in [-0.25, -0.2) is 4.98 Å². The van der Waals surface area contributed by atoms with Crippen LogP contribution in [0.25, 0.3) is 0 Å². The molecule has 0 aliphatic carbocycles. The number of nitrogens with two attached hydrogens (primary N) is 1. The van der Waals surface area contributed by atoms with Crippen LogP contribution in [0.5, 0.6) is 0 Å². The first kappa shape index (κ1) is 16.2. The fraction of sp³-hybridized carbons (Fsp3) is 0.647. The van der Waals surface area contributed by atoms with Crippen molar-refractivity contribution in [2.24, 2.45) is 11.1 Å². The molecule has 1 aromatic rings. The van der Waals surface area contributed by atoms with Gasteiger partial charge in [-0.3, -0.25) is 4.79 Å². The highest BCUT2D eigenvalue weighted by molar-refractivity contribution is 5.97. The van der Waals surface area contributed by atoms with Crippen molar-refractivity contribution in [2.45, 2.75) is 39.2 Å². The van der Waals surface area contributed by atoms with E-state index in [1.165, 1.54) is 12.8 Å². The van der Waals surface area contributed by atoms with Crippen LogP contribution in [0.1, 0.15) is 40.9 Å². The summed E-state index contributed by atoms with van der Waals surface area (Å²) in [6.45, 7) is 7.51. The fourth-order valence-electron chi connectivity index (χ4n) is 3.57. The Morgan fingerprint density at radius 1 is 1.48 bits per heavy atom. The monoisotopic (exact) mass is 318 g/mol. The minimum atomic E-state index is -0.453. The zero-order valence-corrected chi connectivity index (χ0v) is 13.9. The second-order valence-electron chi connectivity index (χ2n) is 6.92. The maximum absolute atomic E-state index is 11.6. The van der Waals surface area contributed by atoms with Gasteiger partial charge in [-0.05, 0) is 63.2 Å². The Kier molecular flexibility index (Phi) is 4.55. The molecule has 23 heavy (non-hydrogen) atoms. The van der Waals surface area contributed by atoms with E-state index < -0.39 is 5.91 Å². The van der Waals surface area contributed by atoms with Crippen molar-refractivity contribution < 1.29 is 9.53 Å². The van der Waals surface area contributed by atoms with Crippen LogP contribution in [0.2, 0.25) is 0 Å². The molecule has 0 radical (unpaired) electrons. The van der Waals surface area contributed by atoms with Gasteiger partial charge in [-0.1, -0.05) is 0 Å². The lowest BCUT2D eigenvalue weighted by atomic mass is 9.77. The molecule has 3 heterocycles. The number of aromatic nitrogens is 1. The summed E-state index contributed by atoms with van der Waals surface area (Å²) >= 11 is 0. The number of aryl methyl sites for hydroxylation is 2. The normalized spacial score (nSPS) is 23.1. The van der Waals surface area contributed by atoms with Crippen LogP contribution in [0.3, 0.4) is 0 Å². The second kappa shape index (κ2) is 6.45. The van der Waals surface area contributed by atoms with E-state index >= 15 is 0 Å². The molecule has 1 unspecified atom stereocenters. The molecular weight excluding hydrogens is 292 g/mol. The molecule has 126 valence electrons. The number of hydrogen-bond donors (Lipinski definition) is 3. The number of anilines is 1. The third-order valence-electron chi connectivity index (χ3n) is 5.18. The van der Waals surface area contributed by atoms with Gasteiger partial charge in [0.05, 0.1) is 18.3 Å². The number of pyridine rings is 1. The summed E-state index contributed by atoms with van der Waals surface area (Å²) in [5.74, 6) is 0.112. The number of hydrogen-bond acceptors (Lipinski definition) is 5. The maximum atomic E-state index is 11.6. The lowest BCUT2D eigenvalue weighted by molar-refractivity contribution is 0.0923. The first-order valence-electron chi connectivity index (χ1n) is 8.33. The van der Waals surface area contributed by atoms with E-state index in [0.29, 0.717) is 23.3 Å². The van der Waals surface area contributed by atoms with Crippen molar-refractivity contribution in [3.05, 3.63) is 22.9 Å². The molecule has 4 N–H and O–H groups in total. The summed E-state index contributed by atoms with van der Waals surface area (Å²) in [5.41, 5.74) is 8.12. The van der Waals surface area contributed by atoms with Gasteiger partial charge in [0, 0.05) is 12.2 Å². The number of amides is 1. The molecule has 2 aliphatic heterocycles. The number of carbonyl (C=O) groups excluding carboxylic acids is 1. The Hall–Kier alpha value is -1.66. The third kappa shape index (κ3) is 3.48. The minimum absolute atomic E-state index is 0.164. The zero-order valence-electron chi connectivity index (χ0n) is 13.9. The number of piperidine rings is 1. The number of ether oxygens (including phenoxy) is 1. The highest BCUT2D eigenvalue weighted by Crippen LogP contribution is 2.40. The van der Waals surface area contributed by atoms with Crippen LogP contribution in [-0.4, -0.2) is 43.2 Å². The topological polar surface area (TPSA) is 89.3 Å². The van der Waals surface area contributed by atoms with Gasteiger partial charge in [0.2, 0.25) is 0 Å². The number of carbonyl (C=O) groups is 1. The van der Waals surface area contributed by atoms with Crippen molar-refractivity contribution in [2.75, 3.05) is 31.6 Å². The van der Waals surface area contributed by atoms with Crippen molar-refractivity contribution in [3.8, 4) is 0 Å². The van der Waals surface area contributed by atoms with Gasteiger partial charge in [-0.2, -0.15) is 0 Å².